The van der Waals surface area contributed by atoms with Gasteiger partial charge in [-0.3, -0.25) is 9.69 Å². The lowest BCUT2D eigenvalue weighted by molar-refractivity contribution is 0.134. The average molecular weight is 320 g/mol. The second kappa shape index (κ2) is 7.01. The zero-order valence-corrected chi connectivity index (χ0v) is 14.2. The molecule has 1 N–H and O–H groups in total. The van der Waals surface area contributed by atoms with E-state index in [1.165, 1.54) is 0 Å². The summed E-state index contributed by atoms with van der Waals surface area (Å²) in [4.78, 5) is 17.1. The smallest absolute Gasteiger partial charge is 0.269 e. The lowest BCUT2D eigenvalue weighted by Gasteiger charge is -2.36. The van der Waals surface area contributed by atoms with Crippen molar-refractivity contribution < 1.29 is 5.11 Å². The zero-order chi connectivity index (χ0) is 16.4. The number of piperidine rings is 2. The van der Waals surface area contributed by atoms with Gasteiger partial charge in [-0.15, -0.1) is 0 Å². The lowest BCUT2D eigenvalue weighted by Crippen LogP contribution is -2.44. The third-order valence-electron chi connectivity index (χ3n) is 5.15. The van der Waals surface area contributed by atoms with Gasteiger partial charge >= 0.3 is 0 Å². The lowest BCUT2D eigenvalue weighted by atomic mass is 10.0. The van der Waals surface area contributed by atoms with Crippen molar-refractivity contribution in [1.82, 2.24) is 14.7 Å². The third-order valence-corrected chi connectivity index (χ3v) is 5.15. The highest BCUT2D eigenvalue weighted by molar-refractivity contribution is 5.43. The Morgan fingerprint density at radius 3 is 2.61 bits per heavy atom. The van der Waals surface area contributed by atoms with Crippen molar-refractivity contribution in [3.05, 3.63) is 22.6 Å². The summed E-state index contributed by atoms with van der Waals surface area (Å²) in [6.45, 7) is 7.99. The number of aliphatic hydroxyl groups is 1. The molecular formula is C17H28N4O2. The maximum Gasteiger partial charge on any atom is 0.269 e. The molecular weight excluding hydrogens is 292 g/mol. The van der Waals surface area contributed by atoms with E-state index in [4.69, 9.17) is 0 Å². The van der Waals surface area contributed by atoms with Crippen LogP contribution in [0.4, 0.5) is 5.69 Å². The van der Waals surface area contributed by atoms with Crippen molar-refractivity contribution >= 4 is 5.69 Å². The molecule has 0 aliphatic carbocycles. The van der Waals surface area contributed by atoms with Crippen LogP contribution in [0.2, 0.25) is 0 Å². The van der Waals surface area contributed by atoms with Crippen LogP contribution in [0, 0.1) is 0 Å². The highest BCUT2D eigenvalue weighted by Crippen LogP contribution is 2.22. The second-order valence-electron chi connectivity index (χ2n) is 7.10. The van der Waals surface area contributed by atoms with Gasteiger partial charge in [0.2, 0.25) is 0 Å². The molecule has 1 atom stereocenters. The summed E-state index contributed by atoms with van der Waals surface area (Å²) in [7, 11) is 0. The Hall–Kier alpha value is -1.40. The first kappa shape index (κ1) is 16.5. The Morgan fingerprint density at radius 1 is 1.22 bits per heavy atom. The number of rotatable bonds is 3. The summed E-state index contributed by atoms with van der Waals surface area (Å²) in [6.07, 6.45) is 5.26. The van der Waals surface area contributed by atoms with Gasteiger partial charge in [-0.25, -0.2) is 4.68 Å². The fraction of sp³-hybridized carbons (Fsp3) is 0.765. The van der Waals surface area contributed by atoms with Crippen LogP contribution in [0.15, 0.2) is 17.1 Å². The SMILES string of the molecule is CC(C)N1CCC[C@H](n2ncc(N3CCC(O)CC3)cc2=O)C1. The highest BCUT2D eigenvalue weighted by Gasteiger charge is 2.25. The van der Waals surface area contributed by atoms with Gasteiger partial charge in [-0.2, -0.15) is 5.10 Å². The van der Waals surface area contributed by atoms with Crippen LogP contribution in [0.3, 0.4) is 0 Å². The number of likely N-dealkylation sites (tertiary alicyclic amines) is 1. The number of anilines is 1. The first-order valence-corrected chi connectivity index (χ1v) is 8.80. The van der Waals surface area contributed by atoms with Gasteiger partial charge in [0, 0.05) is 31.7 Å². The summed E-state index contributed by atoms with van der Waals surface area (Å²) in [6, 6.07) is 2.39. The van der Waals surface area contributed by atoms with Crippen molar-refractivity contribution in [2.45, 2.75) is 57.7 Å². The van der Waals surface area contributed by atoms with Gasteiger partial charge in [0.05, 0.1) is 24.0 Å². The van der Waals surface area contributed by atoms with Gasteiger partial charge in [0.15, 0.2) is 0 Å². The normalized spacial score (nSPS) is 24.3. The highest BCUT2D eigenvalue weighted by atomic mass is 16.3. The summed E-state index contributed by atoms with van der Waals surface area (Å²) in [5.41, 5.74) is 0.874. The summed E-state index contributed by atoms with van der Waals surface area (Å²) in [5.74, 6) is 0. The van der Waals surface area contributed by atoms with Crippen molar-refractivity contribution in [3.63, 3.8) is 0 Å². The molecule has 2 saturated heterocycles. The number of hydrogen-bond donors (Lipinski definition) is 1. The first-order valence-electron chi connectivity index (χ1n) is 8.80. The van der Waals surface area contributed by atoms with Crippen LogP contribution in [-0.4, -0.2) is 58.1 Å². The van der Waals surface area contributed by atoms with E-state index < -0.39 is 0 Å². The van der Waals surface area contributed by atoms with Crippen LogP contribution < -0.4 is 10.5 Å². The molecule has 0 saturated carbocycles. The van der Waals surface area contributed by atoms with Gasteiger partial charge in [0.1, 0.15) is 0 Å². The number of aliphatic hydroxyl groups excluding tert-OH is 1. The molecule has 0 unspecified atom stereocenters. The van der Waals surface area contributed by atoms with E-state index in [0.717, 1.165) is 57.5 Å². The van der Waals surface area contributed by atoms with E-state index in [1.807, 2.05) is 6.20 Å². The summed E-state index contributed by atoms with van der Waals surface area (Å²) < 4.78 is 1.66. The molecule has 1 aromatic heterocycles. The predicted molar refractivity (Wildman–Crippen MR) is 90.9 cm³/mol. The second-order valence-corrected chi connectivity index (χ2v) is 7.10. The van der Waals surface area contributed by atoms with Crippen LogP contribution >= 0.6 is 0 Å². The van der Waals surface area contributed by atoms with Crippen molar-refractivity contribution in [2.24, 2.45) is 0 Å². The molecule has 3 heterocycles. The molecule has 128 valence electrons. The van der Waals surface area contributed by atoms with E-state index in [2.05, 4.69) is 28.7 Å². The minimum atomic E-state index is -0.205. The average Bonchev–Trinajstić information content (AvgIpc) is 2.55. The molecule has 0 spiro atoms. The maximum atomic E-state index is 12.5. The Balaban J connectivity index is 1.73. The number of aromatic nitrogens is 2. The van der Waals surface area contributed by atoms with Gasteiger partial charge in [0.25, 0.3) is 5.56 Å². The van der Waals surface area contributed by atoms with Crippen molar-refractivity contribution in [1.29, 1.82) is 0 Å². The molecule has 1 aromatic rings. The van der Waals surface area contributed by atoms with Gasteiger partial charge < -0.3 is 10.0 Å². The monoisotopic (exact) mass is 320 g/mol. The van der Waals surface area contributed by atoms with Crippen LogP contribution in [0.5, 0.6) is 0 Å². The standard InChI is InChI=1S/C17H28N4O2/c1-13(2)20-7-3-4-14(12-20)21-17(23)10-15(11-18-21)19-8-5-16(22)6-9-19/h10-11,13-14,16,22H,3-9,12H2,1-2H3/t14-/m0/s1. The Bertz CT molecular complexity index is 578. The fourth-order valence-electron chi connectivity index (χ4n) is 3.63. The molecule has 0 aromatic carbocycles. The van der Waals surface area contributed by atoms with Crippen LogP contribution in [0.1, 0.15) is 45.6 Å². The Labute approximate surface area is 137 Å². The van der Waals surface area contributed by atoms with E-state index in [9.17, 15) is 9.90 Å². The van der Waals surface area contributed by atoms with Gasteiger partial charge in [-0.1, -0.05) is 0 Å². The molecule has 6 heteroatoms. The van der Waals surface area contributed by atoms with E-state index in [1.54, 1.807) is 10.7 Å². The van der Waals surface area contributed by atoms with Crippen LogP contribution in [-0.2, 0) is 0 Å². The number of hydrogen-bond acceptors (Lipinski definition) is 5. The molecule has 2 aliphatic heterocycles. The molecule has 2 fully saturated rings. The topological polar surface area (TPSA) is 61.6 Å². The summed E-state index contributed by atoms with van der Waals surface area (Å²) in [5, 5.41) is 14.1. The van der Waals surface area contributed by atoms with E-state index in [-0.39, 0.29) is 17.7 Å². The zero-order valence-electron chi connectivity index (χ0n) is 14.2. The minimum Gasteiger partial charge on any atom is -0.393 e. The molecule has 23 heavy (non-hydrogen) atoms. The van der Waals surface area contributed by atoms with Crippen molar-refractivity contribution in [2.75, 3.05) is 31.1 Å². The predicted octanol–water partition coefficient (Wildman–Crippen LogP) is 1.25. The van der Waals surface area contributed by atoms with Gasteiger partial charge in [-0.05, 0) is 46.1 Å². The van der Waals surface area contributed by atoms with E-state index in [0.29, 0.717) is 6.04 Å². The van der Waals surface area contributed by atoms with Crippen molar-refractivity contribution in [3.8, 4) is 0 Å². The third kappa shape index (κ3) is 3.75. The van der Waals surface area contributed by atoms with E-state index >= 15 is 0 Å². The molecule has 6 nitrogen and oxygen atoms in total. The molecule has 0 bridgehead atoms. The maximum absolute atomic E-state index is 12.5. The molecule has 2 aliphatic rings. The van der Waals surface area contributed by atoms with Crippen LogP contribution in [0.25, 0.3) is 0 Å². The fourth-order valence-corrected chi connectivity index (χ4v) is 3.63. The molecule has 0 radical (unpaired) electrons. The molecule has 0 amide bonds. The minimum absolute atomic E-state index is 0.00997. The Kier molecular flexibility index (Phi) is 5.02. The summed E-state index contributed by atoms with van der Waals surface area (Å²) >= 11 is 0. The molecule has 3 rings (SSSR count). The largest absolute Gasteiger partial charge is 0.393 e. The quantitative estimate of drug-likeness (QED) is 0.908. The first-order chi connectivity index (χ1) is 11.0. The Morgan fingerprint density at radius 2 is 1.96 bits per heavy atom. The number of nitrogens with zero attached hydrogens (tertiary/aromatic N) is 4.